The van der Waals surface area contributed by atoms with E-state index in [1.807, 2.05) is 0 Å². The lowest BCUT2D eigenvalue weighted by Gasteiger charge is -2.08. The zero-order valence-electron chi connectivity index (χ0n) is 24.6. The SMILES string of the molecule is CCCCCCCCCCCCCCC[n+]1ccn(C(C)CCCCCCCCCCCCC)c1. The number of aromatic nitrogens is 2. The number of rotatable bonds is 27. The molecule has 0 amide bonds. The minimum atomic E-state index is 0.640. The standard InChI is InChI=1S/C33H65N2/c1-4-6-8-10-12-14-16-17-19-21-23-25-27-29-34-30-31-35(32-34)33(3)28-26-24-22-20-18-15-13-11-9-7-5-2/h30-33H,4-29H2,1-3H3/q+1. The van der Waals surface area contributed by atoms with Gasteiger partial charge in [0.15, 0.2) is 0 Å². The Kier molecular flexibility index (Phi) is 22.9. The molecule has 1 rings (SSSR count). The molecule has 2 nitrogen and oxygen atoms in total. The summed E-state index contributed by atoms with van der Waals surface area (Å²) < 4.78 is 4.86. The van der Waals surface area contributed by atoms with Crippen LogP contribution in [0.15, 0.2) is 18.7 Å². The van der Waals surface area contributed by atoms with Crippen molar-refractivity contribution in [3.05, 3.63) is 18.7 Å². The number of imidazole rings is 1. The highest BCUT2D eigenvalue weighted by atomic mass is 15.1. The first-order valence-corrected chi connectivity index (χ1v) is 16.3. The quantitative estimate of drug-likeness (QED) is 0.0858. The molecule has 1 aromatic heterocycles. The van der Waals surface area contributed by atoms with Crippen LogP contribution in [0.2, 0.25) is 0 Å². The fraction of sp³-hybridized carbons (Fsp3) is 0.909. The number of unbranched alkanes of at least 4 members (excludes halogenated alkanes) is 22. The minimum Gasteiger partial charge on any atom is -0.237 e. The van der Waals surface area contributed by atoms with Gasteiger partial charge >= 0.3 is 0 Å². The lowest BCUT2D eigenvalue weighted by molar-refractivity contribution is -0.697. The molecule has 0 saturated heterocycles. The molecule has 1 atom stereocenters. The van der Waals surface area contributed by atoms with Crippen molar-refractivity contribution in [2.45, 2.75) is 194 Å². The summed E-state index contributed by atoms with van der Waals surface area (Å²) in [5.74, 6) is 0. The van der Waals surface area contributed by atoms with Gasteiger partial charge in [-0.15, -0.1) is 0 Å². The maximum atomic E-state index is 2.44. The van der Waals surface area contributed by atoms with Gasteiger partial charge in [-0.25, -0.2) is 9.13 Å². The predicted molar refractivity (Wildman–Crippen MR) is 156 cm³/mol. The Morgan fingerprint density at radius 1 is 0.514 bits per heavy atom. The van der Waals surface area contributed by atoms with Crippen LogP contribution in [0.5, 0.6) is 0 Å². The lowest BCUT2D eigenvalue weighted by Crippen LogP contribution is -2.31. The third-order valence-electron chi connectivity index (χ3n) is 7.97. The summed E-state index contributed by atoms with van der Waals surface area (Å²) >= 11 is 0. The van der Waals surface area contributed by atoms with E-state index < -0.39 is 0 Å². The summed E-state index contributed by atoms with van der Waals surface area (Å²) in [6.07, 6.45) is 42.6. The van der Waals surface area contributed by atoms with E-state index in [9.17, 15) is 0 Å². The van der Waals surface area contributed by atoms with Gasteiger partial charge in [-0.2, -0.15) is 0 Å². The maximum absolute atomic E-state index is 2.44. The van der Waals surface area contributed by atoms with Crippen molar-refractivity contribution >= 4 is 0 Å². The van der Waals surface area contributed by atoms with Gasteiger partial charge in [-0.1, -0.05) is 149 Å². The molecule has 206 valence electrons. The van der Waals surface area contributed by atoms with Gasteiger partial charge in [-0.05, 0) is 32.6 Å². The number of hydrogen-bond acceptors (Lipinski definition) is 0. The molecule has 0 radical (unpaired) electrons. The molecule has 0 aromatic carbocycles. The zero-order valence-corrected chi connectivity index (χ0v) is 24.6. The number of aryl methyl sites for hydroxylation is 1. The third kappa shape index (κ3) is 20.0. The third-order valence-corrected chi connectivity index (χ3v) is 7.97. The van der Waals surface area contributed by atoms with Crippen molar-refractivity contribution in [2.24, 2.45) is 0 Å². The van der Waals surface area contributed by atoms with Gasteiger partial charge in [0, 0.05) is 0 Å². The Labute approximate surface area is 221 Å². The van der Waals surface area contributed by atoms with E-state index in [4.69, 9.17) is 0 Å². The molecule has 0 spiro atoms. The van der Waals surface area contributed by atoms with Crippen LogP contribution in [0.1, 0.15) is 187 Å². The summed E-state index contributed by atoms with van der Waals surface area (Å²) in [5.41, 5.74) is 0. The van der Waals surface area contributed by atoms with Crippen LogP contribution < -0.4 is 4.57 Å². The lowest BCUT2D eigenvalue weighted by atomic mass is 10.0. The van der Waals surface area contributed by atoms with E-state index in [0.717, 1.165) is 0 Å². The van der Waals surface area contributed by atoms with Crippen LogP contribution in [-0.2, 0) is 6.54 Å². The van der Waals surface area contributed by atoms with Crippen molar-refractivity contribution in [1.82, 2.24) is 4.57 Å². The van der Waals surface area contributed by atoms with Crippen LogP contribution in [0.25, 0.3) is 0 Å². The molecule has 2 heteroatoms. The van der Waals surface area contributed by atoms with Crippen molar-refractivity contribution < 1.29 is 4.57 Å². The summed E-state index contributed by atoms with van der Waals surface area (Å²) in [6.45, 7) is 8.19. The van der Waals surface area contributed by atoms with Crippen LogP contribution in [0.4, 0.5) is 0 Å². The van der Waals surface area contributed by atoms with Crippen molar-refractivity contribution in [2.75, 3.05) is 0 Å². The van der Waals surface area contributed by atoms with Gasteiger partial charge in [0.05, 0.1) is 12.6 Å². The summed E-state index contributed by atoms with van der Waals surface area (Å²) in [4.78, 5) is 0. The highest BCUT2D eigenvalue weighted by Crippen LogP contribution is 2.17. The van der Waals surface area contributed by atoms with Crippen molar-refractivity contribution in [3.8, 4) is 0 Å². The number of nitrogens with zero attached hydrogens (tertiary/aromatic N) is 2. The Hall–Kier alpha value is -0.790. The number of hydrogen-bond donors (Lipinski definition) is 0. The van der Waals surface area contributed by atoms with E-state index in [2.05, 4.69) is 48.6 Å². The zero-order chi connectivity index (χ0) is 25.2. The predicted octanol–water partition coefficient (Wildman–Crippen LogP) is 11.1. The van der Waals surface area contributed by atoms with Crippen LogP contribution in [0, 0.1) is 0 Å². The summed E-state index contributed by atoms with van der Waals surface area (Å²) in [6, 6.07) is 0.640. The second-order valence-corrected chi connectivity index (χ2v) is 11.5. The Morgan fingerprint density at radius 2 is 0.886 bits per heavy atom. The average molecular weight is 490 g/mol. The van der Waals surface area contributed by atoms with Gasteiger partial charge in [0.1, 0.15) is 12.4 Å². The molecule has 0 N–H and O–H groups in total. The topological polar surface area (TPSA) is 8.81 Å². The molecule has 0 aliphatic rings. The normalized spacial score (nSPS) is 12.4. The highest BCUT2D eigenvalue weighted by Gasteiger charge is 2.11. The van der Waals surface area contributed by atoms with Crippen LogP contribution in [0.3, 0.4) is 0 Å². The molecule has 0 fully saturated rings. The minimum absolute atomic E-state index is 0.640. The largest absolute Gasteiger partial charge is 0.243 e. The van der Waals surface area contributed by atoms with Gasteiger partial charge in [0.2, 0.25) is 6.33 Å². The van der Waals surface area contributed by atoms with E-state index in [1.54, 1.807) is 0 Å². The Balaban J connectivity index is 1.91. The molecular formula is C33H65N2+. The maximum Gasteiger partial charge on any atom is 0.243 e. The molecule has 0 saturated carbocycles. The molecule has 0 aliphatic carbocycles. The van der Waals surface area contributed by atoms with E-state index in [-0.39, 0.29) is 0 Å². The van der Waals surface area contributed by atoms with Gasteiger partial charge in [0.25, 0.3) is 0 Å². The first kappa shape index (κ1) is 32.2. The molecule has 1 heterocycles. The molecule has 35 heavy (non-hydrogen) atoms. The Morgan fingerprint density at radius 3 is 1.31 bits per heavy atom. The van der Waals surface area contributed by atoms with E-state index >= 15 is 0 Å². The first-order chi connectivity index (χ1) is 17.3. The van der Waals surface area contributed by atoms with Crippen LogP contribution in [-0.4, -0.2) is 4.57 Å². The van der Waals surface area contributed by atoms with Crippen molar-refractivity contribution in [1.29, 1.82) is 0 Å². The fourth-order valence-electron chi connectivity index (χ4n) is 5.37. The Bertz CT molecular complexity index is 535. The summed E-state index contributed by atoms with van der Waals surface area (Å²) in [7, 11) is 0. The first-order valence-electron chi connectivity index (χ1n) is 16.3. The average Bonchev–Trinajstić information content (AvgIpc) is 3.34. The summed E-state index contributed by atoms with van der Waals surface area (Å²) in [5, 5.41) is 0. The molecule has 0 bridgehead atoms. The second kappa shape index (κ2) is 24.9. The second-order valence-electron chi connectivity index (χ2n) is 11.5. The highest BCUT2D eigenvalue weighted by molar-refractivity contribution is 4.72. The van der Waals surface area contributed by atoms with E-state index in [1.165, 1.54) is 167 Å². The van der Waals surface area contributed by atoms with Crippen LogP contribution >= 0.6 is 0 Å². The molecular weight excluding hydrogens is 424 g/mol. The monoisotopic (exact) mass is 490 g/mol. The fourth-order valence-corrected chi connectivity index (χ4v) is 5.37. The smallest absolute Gasteiger partial charge is 0.237 e. The van der Waals surface area contributed by atoms with Gasteiger partial charge in [-0.3, -0.25) is 0 Å². The molecule has 1 aromatic rings. The molecule has 0 aliphatic heterocycles. The van der Waals surface area contributed by atoms with Gasteiger partial charge < -0.3 is 0 Å². The van der Waals surface area contributed by atoms with E-state index in [0.29, 0.717) is 6.04 Å². The molecule has 1 unspecified atom stereocenters. The van der Waals surface area contributed by atoms with Crippen molar-refractivity contribution in [3.63, 3.8) is 0 Å².